The number of carbonyl (C=O) groups excluding carboxylic acids is 1. The first-order valence-electron chi connectivity index (χ1n) is 13.1. The van der Waals surface area contributed by atoms with Crippen molar-refractivity contribution in [1.29, 1.82) is 0 Å². The first-order chi connectivity index (χ1) is 18.9. The summed E-state index contributed by atoms with van der Waals surface area (Å²) in [5, 5.41) is 5.95. The van der Waals surface area contributed by atoms with Crippen molar-refractivity contribution in [1.82, 2.24) is 4.98 Å². The third-order valence-electron chi connectivity index (χ3n) is 6.27. The smallest absolute Gasteiger partial charge is 0.341 e. The fourth-order valence-electron chi connectivity index (χ4n) is 4.60. The third-order valence-corrected chi connectivity index (χ3v) is 11.2. The van der Waals surface area contributed by atoms with E-state index in [9.17, 15) is 4.79 Å². The van der Waals surface area contributed by atoms with Gasteiger partial charge in [-0.2, -0.15) is 0 Å². The molecule has 1 N–H and O–H groups in total. The van der Waals surface area contributed by atoms with Crippen molar-refractivity contribution < 1.29 is 9.53 Å². The van der Waals surface area contributed by atoms with Crippen LogP contribution in [0.1, 0.15) is 36.8 Å². The van der Waals surface area contributed by atoms with Crippen molar-refractivity contribution in [3.63, 3.8) is 0 Å². The van der Waals surface area contributed by atoms with Gasteiger partial charge in [0.15, 0.2) is 0 Å². The molecule has 39 heavy (non-hydrogen) atoms. The fourth-order valence-corrected chi connectivity index (χ4v) is 9.33. The molecule has 1 heterocycles. The molecule has 0 aliphatic heterocycles. The van der Waals surface area contributed by atoms with E-state index in [1.165, 1.54) is 21.2 Å². The van der Waals surface area contributed by atoms with Crippen molar-refractivity contribution in [3.05, 3.63) is 139 Å². The molecule has 0 saturated carbocycles. The normalized spacial score (nSPS) is 11.6. The highest BCUT2D eigenvalue weighted by Gasteiger charge is 2.31. The van der Waals surface area contributed by atoms with Crippen molar-refractivity contribution in [2.24, 2.45) is 0 Å². The van der Waals surface area contributed by atoms with Gasteiger partial charge in [0.25, 0.3) is 0 Å². The van der Waals surface area contributed by atoms with Crippen LogP contribution in [0.25, 0.3) is 0 Å². The number of aromatic nitrogens is 1. The summed E-state index contributed by atoms with van der Waals surface area (Å²) in [6.07, 6.45) is 2.76. The van der Waals surface area contributed by atoms with Crippen LogP contribution in [0, 0.1) is 0 Å². The Morgan fingerprint density at radius 3 is 1.49 bits per heavy atom. The number of hydrogen-bond donors (Lipinski definition) is 1. The SMILES string of the molecule is CC(C)(C)OC(=O)c1c(P(c2ccccc2)c2ccccc2)c[nH]c1CP(c1ccccc1)c1ccccc1. The molecule has 0 spiro atoms. The second kappa shape index (κ2) is 12.1. The standard InChI is InChI=1S/C34H33NO2P2/c1-34(2,3)37-33(36)32-30(25-38(26-16-8-4-9-17-26)27-18-10-5-11-19-27)35-24-31(32)39(28-20-12-6-13-21-28)29-22-14-7-15-23-29/h4-24,35H,25H2,1-3H3. The Morgan fingerprint density at radius 1 is 0.667 bits per heavy atom. The number of carbonyl (C=O) groups is 1. The third kappa shape index (κ3) is 6.56. The second-order valence-corrected chi connectivity index (χ2v) is 14.7. The van der Waals surface area contributed by atoms with Gasteiger partial charge in [-0.3, -0.25) is 0 Å². The van der Waals surface area contributed by atoms with Crippen LogP contribution in [-0.4, -0.2) is 16.6 Å². The van der Waals surface area contributed by atoms with Gasteiger partial charge in [0.2, 0.25) is 0 Å². The van der Waals surface area contributed by atoms with Crippen LogP contribution in [-0.2, 0) is 10.9 Å². The van der Waals surface area contributed by atoms with Crippen LogP contribution >= 0.6 is 15.8 Å². The summed E-state index contributed by atoms with van der Waals surface area (Å²) >= 11 is 0. The Balaban J connectivity index is 1.66. The maximum Gasteiger partial charge on any atom is 0.341 e. The van der Waals surface area contributed by atoms with E-state index >= 15 is 0 Å². The maximum atomic E-state index is 14.0. The van der Waals surface area contributed by atoms with Crippen LogP contribution in [0.3, 0.4) is 0 Å². The van der Waals surface area contributed by atoms with Crippen LogP contribution < -0.4 is 26.5 Å². The first kappa shape index (κ1) is 27.1. The Hall–Kier alpha value is -3.51. The minimum absolute atomic E-state index is 0.274. The van der Waals surface area contributed by atoms with Gasteiger partial charge in [-0.05, 0) is 57.8 Å². The molecule has 196 valence electrons. The Morgan fingerprint density at radius 2 is 1.08 bits per heavy atom. The van der Waals surface area contributed by atoms with Gasteiger partial charge >= 0.3 is 5.97 Å². The van der Waals surface area contributed by atoms with Crippen LogP contribution in [0.5, 0.6) is 0 Å². The predicted octanol–water partition coefficient (Wildman–Crippen LogP) is 6.36. The van der Waals surface area contributed by atoms with E-state index < -0.39 is 21.4 Å². The van der Waals surface area contributed by atoms with Crippen molar-refractivity contribution in [2.75, 3.05) is 0 Å². The van der Waals surface area contributed by atoms with E-state index in [0.29, 0.717) is 11.7 Å². The van der Waals surface area contributed by atoms with E-state index in [1.54, 1.807) is 0 Å². The summed E-state index contributed by atoms with van der Waals surface area (Å²) in [6, 6.07) is 42.2. The molecule has 4 aromatic carbocycles. The molecule has 0 unspecified atom stereocenters. The van der Waals surface area contributed by atoms with Gasteiger partial charge in [-0.15, -0.1) is 0 Å². The van der Waals surface area contributed by atoms with E-state index in [0.717, 1.165) is 11.0 Å². The van der Waals surface area contributed by atoms with Crippen molar-refractivity contribution in [3.8, 4) is 0 Å². The number of benzene rings is 4. The summed E-state index contributed by atoms with van der Waals surface area (Å²) in [6.45, 7) is 5.78. The maximum absolute atomic E-state index is 14.0. The number of aromatic amines is 1. The minimum atomic E-state index is -0.978. The lowest BCUT2D eigenvalue weighted by atomic mass is 10.2. The molecule has 0 aliphatic rings. The average molecular weight is 550 g/mol. The minimum Gasteiger partial charge on any atom is -0.456 e. The summed E-state index contributed by atoms with van der Waals surface area (Å²) < 4.78 is 6.04. The van der Waals surface area contributed by atoms with E-state index in [4.69, 9.17) is 4.74 Å². The van der Waals surface area contributed by atoms with Crippen LogP contribution in [0.2, 0.25) is 0 Å². The molecule has 3 nitrogen and oxygen atoms in total. The summed E-state index contributed by atoms with van der Waals surface area (Å²) in [7, 11) is -1.73. The molecular formula is C34H33NO2P2. The molecule has 0 aliphatic carbocycles. The topological polar surface area (TPSA) is 42.1 Å². The zero-order chi connectivity index (χ0) is 27.2. The van der Waals surface area contributed by atoms with E-state index in [2.05, 4.69) is 102 Å². The molecule has 0 fully saturated rings. The lowest BCUT2D eigenvalue weighted by Crippen LogP contribution is -2.29. The van der Waals surface area contributed by atoms with Crippen molar-refractivity contribution in [2.45, 2.75) is 32.5 Å². The van der Waals surface area contributed by atoms with Gasteiger partial charge in [-0.1, -0.05) is 121 Å². The largest absolute Gasteiger partial charge is 0.456 e. The highest BCUT2D eigenvalue weighted by Crippen LogP contribution is 2.41. The molecule has 5 aromatic rings. The lowest BCUT2D eigenvalue weighted by molar-refractivity contribution is 0.00704. The predicted molar refractivity (Wildman–Crippen MR) is 167 cm³/mol. The molecule has 0 amide bonds. The molecule has 0 atom stereocenters. The van der Waals surface area contributed by atoms with E-state index in [-0.39, 0.29) is 5.97 Å². The van der Waals surface area contributed by atoms with Gasteiger partial charge in [0, 0.05) is 23.4 Å². The highest BCUT2D eigenvalue weighted by molar-refractivity contribution is 7.80. The van der Waals surface area contributed by atoms with Crippen LogP contribution in [0.15, 0.2) is 128 Å². The quantitative estimate of drug-likeness (QED) is 0.181. The molecule has 0 radical (unpaired) electrons. The Labute approximate surface area is 233 Å². The number of nitrogens with one attached hydrogen (secondary N) is 1. The summed E-state index contributed by atoms with van der Waals surface area (Å²) in [5.41, 5.74) is 0.995. The van der Waals surface area contributed by atoms with Gasteiger partial charge in [0.1, 0.15) is 5.60 Å². The summed E-state index contributed by atoms with van der Waals surface area (Å²) in [5.74, 6) is -0.274. The molecule has 0 bridgehead atoms. The molecule has 0 saturated heterocycles. The first-order valence-corrected chi connectivity index (χ1v) is 16.0. The fraction of sp³-hybridized carbons (Fsp3) is 0.147. The molecule has 5 rings (SSSR count). The molecular weight excluding hydrogens is 516 g/mol. The second-order valence-electron chi connectivity index (χ2n) is 10.3. The number of hydrogen-bond acceptors (Lipinski definition) is 2. The number of rotatable bonds is 8. The average Bonchev–Trinajstić information content (AvgIpc) is 3.36. The lowest BCUT2D eigenvalue weighted by Gasteiger charge is -2.24. The van der Waals surface area contributed by atoms with Crippen molar-refractivity contribution >= 4 is 48.3 Å². The molecule has 5 heteroatoms. The Kier molecular flexibility index (Phi) is 8.41. The van der Waals surface area contributed by atoms with Gasteiger partial charge < -0.3 is 9.72 Å². The van der Waals surface area contributed by atoms with E-state index in [1.807, 2.05) is 51.2 Å². The molecule has 1 aromatic heterocycles. The van der Waals surface area contributed by atoms with Crippen LogP contribution in [0.4, 0.5) is 0 Å². The Bertz CT molecular complexity index is 1420. The number of H-pyrrole nitrogens is 1. The monoisotopic (exact) mass is 549 g/mol. The number of esters is 1. The summed E-state index contributed by atoms with van der Waals surface area (Å²) in [4.78, 5) is 17.5. The van der Waals surface area contributed by atoms with Gasteiger partial charge in [-0.25, -0.2) is 4.79 Å². The number of ether oxygens (including phenoxy) is 1. The zero-order valence-electron chi connectivity index (χ0n) is 22.5. The van der Waals surface area contributed by atoms with Gasteiger partial charge in [0.05, 0.1) is 5.56 Å². The zero-order valence-corrected chi connectivity index (χ0v) is 24.3. The highest BCUT2D eigenvalue weighted by atomic mass is 31.1.